The predicted molar refractivity (Wildman–Crippen MR) is 285 cm³/mol. The van der Waals surface area contributed by atoms with Gasteiger partial charge in [0.1, 0.15) is 41.1 Å². The number of allylic oxidation sites excluding steroid dienone is 1. The largest absolute Gasteiger partial charge is 0.459 e. The van der Waals surface area contributed by atoms with Crippen LogP contribution in [0.25, 0.3) is 0 Å². The molecule has 26 heteroatoms. The molecule has 81 heavy (non-hydrogen) atoms. The lowest BCUT2D eigenvalue weighted by Gasteiger charge is -2.24. The monoisotopic (exact) mass is 1130 g/mol. The van der Waals surface area contributed by atoms with Crippen LogP contribution in [0.1, 0.15) is 148 Å². The van der Waals surface area contributed by atoms with Crippen LogP contribution in [0.5, 0.6) is 0 Å². The summed E-state index contributed by atoms with van der Waals surface area (Å²) in [6.45, 7) is 8.72. The van der Waals surface area contributed by atoms with E-state index in [0.717, 1.165) is 38.5 Å². The number of amides is 6. The molecule has 436 valence electrons. The summed E-state index contributed by atoms with van der Waals surface area (Å²) in [5, 5.41) is 22.8. The summed E-state index contributed by atoms with van der Waals surface area (Å²) in [6.07, 6.45) is 10.2. The van der Waals surface area contributed by atoms with Gasteiger partial charge < -0.3 is 54.8 Å². The molecule has 23 nitrogen and oxygen atoms in total. The second kappa shape index (κ2) is 28.6. The Hall–Kier alpha value is -8.45. The van der Waals surface area contributed by atoms with Crippen LogP contribution in [0.3, 0.4) is 0 Å². The summed E-state index contributed by atoms with van der Waals surface area (Å²) in [5.41, 5.74) is -3.85. The normalized spacial score (nSPS) is 18.1. The van der Waals surface area contributed by atoms with Gasteiger partial charge in [-0.1, -0.05) is 49.2 Å². The smallest absolute Gasteiger partial charge is 0.417 e. The number of anilines is 2. The molecule has 7 rings (SSSR count). The lowest BCUT2D eigenvalue weighted by atomic mass is 9.97. The predicted octanol–water partition coefficient (Wildman–Crippen LogP) is 5.70. The molecule has 0 radical (unpaired) electrons. The van der Waals surface area contributed by atoms with Gasteiger partial charge in [0.05, 0.1) is 5.56 Å². The number of hydrogen-bond acceptors (Lipinski definition) is 15. The lowest BCUT2D eigenvalue weighted by Crippen LogP contribution is -2.43. The van der Waals surface area contributed by atoms with Crippen molar-refractivity contribution in [3.05, 3.63) is 116 Å². The van der Waals surface area contributed by atoms with Crippen molar-refractivity contribution in [1.29, 1.82) is 0 Å². The Morgan fingerprint density at radius 1 is 0.716 bits per heavy atom. The average Bonchev–Trinajstić information content (AvgIpc) is 4.41. The molecule has 0 spiro atoms. The highest BCUT2D eigenvalue weighted by Crippen LogP contribution is 2.31. The minimum atomic E-state index is -4.91. The van der Waals surface area contributed by atoms with Gasteiger partial charge in [-0.05, 0) is 109 Å². The van der Waals surface area contributed by atoms with Gasteiger partial charge in [0.25, 0.3) is 22.9 Å². The van der Waals surface area contributed by atoms with Gasteiger partial charge in [-0.3, -0.25) is 43.2 Å². The van der Waals surface area contributed by atoms with Crippen molar-refractivity contribution in [2.24, 2.45) is 11.8 Å². The number of carbonyl (C=O) groups is 8. The molecule has 4 aromatic rings. The Labute approximate surface area is 463 Å². The molecular formula is C55H67F3N10O13. The van der Waals surface area contributed by atoms with Crippen LogP contribution in [-0.4, -0.2) is 97.9 Å². The van der Waals surface area contributed by atoms with Gasteiger partial charge in [-0.15, -0.1) is 0 Å². The molecule has 3 fully saturated rings. The highest BCUT2D eigenvalue weighted by Gasteiger charge is 2.36. The van der Waals surface area contributed by atoms with Crippen LogP contribution >= 0.6 is 0 Å². The third-order valence-electron chi connectivity index (χ3n) is 13.8. The van der Waals surface area contributed by atoms with Gasteiger partial charge in [0, 0.05) is 67.6 Å². The third-order valence-corrected chi connectivity index (χ3v) is 13.8. The first-order valence-corrected chi connectivity index (χ1v) is 26.8. The standard InChI is InChI=1S/C30H39N5O7.C25H28F3N5O6/c1-3-25(35-16-8-11-23(30(35)40)33-28(38)24-17-19(2)42-34-24)29(39)32-21(18-20-14-15-31-27(20)37)12-13-26(36)41-22-9-6-4-5-7-10-22;1-4-20(23(37)30-17(6-5-13(2)34)10-15-7-8-29-21(15)35)33-12-16(25(26,27)28)11-19(24(33)38)31-22(36)18-9-14(3)39-32-18/h8,11-13,16-17,20-22,25H,3-7,9-10,14-15,18H2,1-2H3,(H,31,37)(H,32,39)(H,33,38);5-6,9,11-12,15,17,20H,4,7-8,10H2,1-3H3,(H,29,35)(H,30,37)(H,31,36)/b13-12+;6-5+/t20-,21+,25-;15-,17+,20-/m00/s1. The van der Waals surface area contributed by atoms with Gasteiger partial charge in [-0.25, -0.2) is 4.79 Å². The molecule has 1 saturated carbocycles. The molecule has 6 N–H and O–H groups in total. The van der Waals surface area contributed by atoms with Crippen LogP contribution in [0.2, 0.25) is 0 Å². The number of nitrogens with zero attached hydrogens (tertiary/aromatic N) is 4. The molecule has 6 heterocycles. The molecule has 2 saturated heterocycles. The van der Waals surface area contributed by atoms with Gasteiger partial charge >= 0.3 is 12.1 Å². The fourth-order valence-corrected chi connectivity index (χ4v) is 9.56. The summed E-state index contributed by atoms with van der Waals surface area (Å²) in [6, 6.07) is 2.41. The number of alkyl halides is 3. The van der Waals surface area contributed by atoms with Crippen molar-refractivity contribution < 1.29 is 65.3 Å². The van der Waals surface area contributed by atoms with E-state index >= 15 is 0 Å². The van der Waals surface area contributed by atoms with Crippen LogP contribution < -0.4 is 43.0 Å². The fraction of sp³-hybridized carbons (Fsp3) is 0.491. The van der Waals surface area contributed by atoms with Crippen molar-refractivity contribution >= 4 is 58.6 Å². The molecular weight excluding hydrogens is 1070 g/mol. The number of nitrogens with one attached hydrogen (secondary N) is 6. The van der Waals surface area contributed by atoms with E-state index in [1.54, 1.807) is 26.0 Å². The van der Waals surface area contributed by atoms with Crippen LogP contribution in [0.15, 0.2) is 85.7 Å². The van der Waals surface area contributed by atoms with E-state index in [9.17, 15) is 61.1 Å². The number of carbonyl (C=O) groups excluding carboxylic acids is 8. The van der Waals surface area contributed by atoms with E-state index < -0.39 is 88.2 Å². The molecule has 0 aromatic carbocycles. The van der Waals surface area contributed by atoms with E-state index in [-0.39, 0.29) is 71.7 Å². The first kappa shape index (κ1) is 61.8. The zero-order chi connectivity index (χ0) is 59.0. The third kappa shape index (κ3) is 17.5. The van der Waals surface area contributed by atoms with Crippen LogP contribution in [0.4, 0.5) is 24.5 Å². The Morgan fingerprint density at radius 3 is 1.67 bits per heavy atom. The highest BCUT2D eigenvalue weighted by molar-refractivity contribution is 6.03. The van der Waals surface area contributed by atoms with Crippen LogP contribution in [0, 0.1) is 25.7 Å². The van der Waals surface area contributed by atoms with Crippen molar-refractivity contribution in [3.8, 4) is 0 Å². The van der Waals surface area contributed by atoms with E-state index in [2.05, 4.69) is 42.2 Å². The lowest BCUT2D eigenvalue weighted by molar-refractivity contribution is -0.143. The number of hydrogen-bond donors (Lipinski definition) is 6. The van der Waals surface area contributed by atoms with Gasteiger partial charge in [-0.2, -0.15) is 13.2 Å². The summed E-state index contributed by atoms with van der Waals surface area (Å²) in [4.78, 5) is 127. The zero-order valence-corrected chi connectivity index (χ0v) is 45.5. The first-order chi connectivity index (χ1) is 38.5. The number of ether oxygens (including phenoxy) is 1. The second-order valence-electron chi connectivity index (χ2n) is 20.0. The SMILES string of the molecule is CC[C@@H](C(=O)N[C@H](/C=C/C(=O)OC1CCCCCC1)C[C@@H]1CCNC1=O)n1cccc(NC(=O)c2cc(C)on2)c1=O.CC[C@@H](C(=O)N[C@H](/C=C/C(C)=O)C[C@@H]1CCNC1=O)n1cc(C(F)(F)F)cc(NC(=O)c2cc(C)on2)c1=O. The summed E-state index contributed by atoms with van der Waals surface area (Å²) >= 11 is 0. The molecule has 4 aromatic heterocycles. The number of ketones is 1. The van der Waals surface area contributed by atoms with E-state index in [1.165, 1.54) is 68.0 Å². The summed E-state index contributed by atoms with van der Waals surface area (Å²) < 4.78 is 58.4. The Balaban J connectivity index is 0.000000262. The Morgan fingerprint density at radius 2 is 1.21 bits per heavy atom. The maximum absolute atomic E-state index is 13.7. The maximum atomic E-state index is 13.7. The number of pyridine rings is 2. The van der Waals surface area contributed by atoms with Crippen molar-refractivity contribution in [2.45, 2.75) is 148 Å². The quantitative estimate of drug-likeness (QED) is 0.0331. The maximum Gasteiger partial charge on any atom is 0.417 e. The molecule has 2 aliphatic heterocycles. The second-order valence-corrected chi connectivity index (χ2v) is 20.0. The molecule has 0 bridgehead atoms. The van der Waals surface area contributed by atoms with E-state index in [1.807, 2.05) is 0 Å². The number of aryl methyl sites for hydroxylation is 2. The van der Waals surface area contributed by atoms with Gasteiger partial charge in [0.2, 0.25) is 23.6 Å². The Bertz CT molecular complexity index is 3110. The molecule has 0 unspecified atom stereocenters. The van der Waals surface area contributed by atoms with Crippen molar-refractivity contribution in [1.82, 2.24) is 40.7 Å². The van der Waals surface area contributed by atoms with Crippen molar-refractivity contribution in [2.75, 3.05) is 23.7 Å². The fourth-order valence-electron chi connectivity index (χ4n) is 9.56. The number of halogens is 3. The Kier molecular flexibility index (Phi) is 21.8. The highest BCUT2D eigenvalue weighted by atomic mass is 19.4. The minimum absolute atomic E-state index is 0.0188. The average molecular weight is 1130 g/mol. The first-order valence-electron chi connectivity index (χ1n) is 26.8. The van der Waals surface area contributed by atoms with Crippen molar-refractivity contribution in [3.63, 3.8) is 0 Å². The zero-order valence-electron chi connectivity index (χ0n) is 45.5. The molecule has 6 amide bonds. The van der Waals surface area contributed by atoms with E-state index in [0.29, 0.717) is 54.9 Å². The number of rotatable bonds is 21. The summed E-state index contributed by atoms with van der Waals surface area (Å²) in [5.74, 6) is -4.00. The molecule has 1 aliphatic carbocycles. The topological polar surface area (TPSA) is 314 Å². The number of esters is 1. The van der Waals surface area contributed by atoms with Gasteiger partial charge in [0.15, 0.2) is 17.2 Å². The number of aromatic nitrogens is 4. The van der Waals surface area contributed by atoms with Crippen LogP contribution in [-0.2, 0) is 39.7 Å². The summed E-state index contributed by atoms with van der Waals surface area (Å²) in [7, 11) is 0. The molecule has 3 aliphatic rings. The van der Waals surface area contributed by atoms with E-state index in [4.69, 9.17) is 13.8 Å². The minimum Gasteiger partial charge on any atom is -0.459 e. The molecule has 6 atom stereocenters.